The molecule has 1 aromatic carbocycles. The summed E-state index contributed by atoms with van der Waals surface area (Å²) >= 11 is 5.70. The van der Waals surface area contributed by atoms with E-state index in [1.54, 1.807) is 19.2 Å². The maximum atomic E-state index is 13.6. The first-order valence-electron chi connectivity index (χ1n) is 5.02. The van der Waals surface area contributed by atoms with Crippen molar-refractivity contribution in [3.05, 3.63) is 34.6 Å². The molecule has 0 heterocycles. The van der Waals surface area contributed by atoms with Crippen LogP contribution in [0, 0.1) is 5.82 Å². The zero-order chi connectivity index (χ0) is 12.1. The lowest BCUT2D eigenvalue weighted by molar-refractivity contribution is 0.0828. The monoisotopic (exact) mass is 246 g/mol. The summed E-state index contributed by atoms with van der Waals surface area (Å²) in [5.41, 5.74) is 3.14. The molecule has 0 fully saturated rings. The van der Waals surface area contributed by atoms with Gasteiger partial charge in [-0.2, -0.15) is 0 Å². The highest BCUT2D eigenvalue weighted by molar-refractivity contribution is 6.30. The lowest BCUT2D eigenvalue weighted by Crippen LogP contribution is -2.45. The molecule has 0 amide bonds. The van der Waals surface area contributed by atoms with Crippen LogP contribution in [0.5, 0.6) is 0 Å². The molecule has 0 aromatic heterocycles. The van der Waals surface area contributed by atoms with Gasteiger partial charge in [-0.1, -0.05) is 23.7 Å². The SMILES string of the molecule is COC(C)C(Cc1cccc(Cl)c1F)NN. The van der Waals surface area contributed by atoms with Gasteiger partial charge in [-0.15, -0.1) is 0 Å². The Hall–Kier alpha value is -0.680. The molecule has 0 spiro atoms. The molecule has 2 atom stereocenters. The minimum Gasteiger partial charge on any atom is -0.380 e. The van der Waals surface area contributed by atoms with Crippen LogP contribution in [0.25, 0.3) is 0 Å². The van der Waals surface area contributed by atoms with Crippen LogP contribution in [0.3, 0.4) is 0 Å². The summed E-state index contributed by atoms with van der Waals surface area (Å²) in [6.45, 7) is 1.87. The number of rotatable bonds is 5. The quantitative estimate of drug-likeness (QED) is 0.616. The molecule has 3 N–H and O–H groups in total. The summed E-state index contributed by atoms with van der Waals surface area (Å²) in [5, 5.41) is 0.123. The fourth-order valence-electron chi connectivity index (χ4n) is 1.47. The topological polar surface area (TPSA) is 47.3 Å². The van der Waals surface area contributed by atoms with E-state index in [1.165, 1.54) is 6.07 Å². The molecule has 0 saturated carbocycles. The minimum absolute atomic E-state index is 0.108. The molecule has 0 aliphatic heterocycles. The van der Waals surface area contributed by atoms with Crippen molar-refractivity contribution in [2.24, 2.45) is 5.84 Å². The average Bonchev–Trinajstić information content (AvgIpc) is 2.30. The minimum atomic E-state index is -0.396. The molecular formula is C11H16ClFN2O. The number of hydrogen-bond donors (Lipinski definition) is 2. The Bertz CT molecular complexity index is 349. The summed E-state index contributed by atoms with van der Waals surface area (Å²) in [5.74, 6) is 5.00. The second kappa shape index (κ2) is 6.15. The van der Waals surface area contributed by atoms with Gasteiger partial charge in [0.1, 0.15) is 5.82 Å². The number of nitrogens with one attached hydrogen (secondary N) is 1. The van der Waals surface area contributed by atoms with Gasteiger partial charge < -0.3 is 4.74 Å². The van der Waals surface area contributed by atoms with Gasteiger partial charge in [-0.25, -0.2) is 4.39 Å². The Morgan fingerprint density at radius 2 is 2.25 bits per heavy atom. The first-order chi connectivity index (χ1) is 7.60. The van der Waals surface area contributed by atoms with E-state index in [9.17, 15) is 4.39 Å². The number of halogens is 2. The normalized spacial score (nSPS) is 14.8. The summed E-state index contributed by atoms with van der Waals surface area (Å²) in [6.07, 6.45) is 0.320. The van der Waals surface area contributed by atoms with Gasteiger partial charge in [0.05, 0.1) is 17.2 Å². The molecule has 1 rings (SSSR count). The first kappa shape index (κ1) is 13.4. The molecule has 2 unspecified atom stereocenters. The molecule has 0 radical (unpaired) electrons. The fraction of sp³-hybridized carbons (Fsp3) is 0.455. The number of benzene rings is 1. The van der Waals surface area contributed by atoms with Crippen LogP contribution in [-0.4, -0.2) is 19.3 Å². The predicted octanol–water partition coefficient (Wildman–Crippen LogP) is 1.89. The molecule has 0 bridgehead atoms. The van der Waals surface area contributed by atoms with Crippen molar-refractivity contribution >= 4 is 11.6 Å². The van der Waals surface area contributed by atoms with E-state index in [4.69, 9.17) is 22.2 Å². The molecule has 0 aliphatic rings. The number of methoxy groups -OCH3 is 1. The van der Waals surface area contributed by atoms with E-state index < -0.39 is 5.82 Å². The van der Waals surface area contributed by atoms with Crippen LogP contribution in [0.4, 0.5) is 4.39 Å². The van der Waals surface area contributed by atoms with Gasteiger partial charge in [0.2, 0.25) is 0 Å². The van der Waals surface area contributed by atoms with E-state index >= 15 is 0 Å². The molecule has 90 valence electrons. The standard InChI is InChI=1S/C11H16ClFN2O/c1-7(16-2)10(15-14)6-8-4-3-5-9(12)11(8)13/h3-5,7,10,15H,6,14H2,1-2H3. The van der Waals surface area contributed by atoms with Gasteiger partial charge in [0.15, 0.2) is 0 Å². The maximum Gasteiger partial charge on any atom is 0.145 e. The van der Waals surface area contributed by atoms with Crippen LogP contribution < -0.4 is 11.3 Å². The fourth-order valence-corrected chi connectivity index (χ4v) is 1.66. The third-order valence-corrected chi connectivity index (χ3v) is 2.92. The number of hydrogen-bond acceptors (Lipinski definition) is 3. The molecular weight excluding hydrogens is 231 g/mol. The van der Waals surface area contributed by atoms with Crippen molar-refractivity contribution in [2.75, 3.05) is 7.11 Å². The predicted molar refractivity (Wildman–Crippen MR) is 62.7 cm³/mol. The van der Waals surface area contributed by atoms with Crippen molar-refractivity contribution in [2.45, 2.75) is 25.5 Å². The first-order valence-corrected chi connectivity index (χ1v) is 5.39. The third-order valence-electron chi connectivity index (χ3n) is 2.62. The van der Waals surface area contributed by atoms with Crippen molar-refractivity contribution < 1.29 is 9.13 Å². The summed E-state index contributed by atoms with van der Waals surface area (Å²) in [6, 6.07) is 4.77. The number of nitrogens with two attached hydrogens (primary N) is 1. The second-order valence-corrected chi connectivity index (χ2v) is 4.04. The van der Waals surface area contributed by atoms with Gasteiger partial charge in [0, 0.05) is 7.11 Å². The van der Waals surface area contributed by atoms with E-state index in [0.717, 1.165) is 0 Å². The summed E-state index contributed by atoms with van der Waals surface area (Å²) in [7, 11) is 1.59. The lowest BCUT2D eigenvalue weighted by atomic mass is 10.0. The Morgan fingerprint density at radius 3 is 2.81 bits per heavy atom. The highest BCUT2D eigenvalue weighted by atomic mass is 35.5. The van der Waals surface area contributed by atoms with Crippen LogP contribution in [0.1, 0.15) is 12.5 Å². The average molecular weight is 247 g/mol. The Labute approximate surface area is 99.7 Å². The zero-order valence-electron chi connectivity index (χ0n) is 9.34. The van der Waals surface area contributed by atoms with Crippen molar-refractivity contribution in [1.29, 1.82) is 0 Å². The largest absolute Gasteiger partial charge is 0.380 e. The molecule has 1 aromatic rings. The van der Waals surface area contributed by atoms with Crippen molar-refractivity contribution in [1.82, 2.24) is 5.43 Å². The highest BCUT2D eigenvalue weighted by Crippen LogP contribution is 2.19. The number of hydrazine groups is 1. The molecule has 0 aliphatic carbocycles. The van der Waals surface area contributed by atoms with Crippen LogP contribution >= 0.6 is 11.6 Å². The van der Waals surface area contributed by atoms with E-state index in [2.05, 4.69) is 5.43 Å². The number of ether oxygens (including phenoxy) is 1. The summed E-state index contributed by atoms with van der Waals surface area (Å²) < 4.78 is 18.8. The zero-order valence-corrected chi connectivity index (χ0v) is 10.1. The van der Waals surface area contributed by atoms with Crippen molar-refractivity contribution in [3.63, 3.8) is 0 Å². The van der Waals surface area contributed by atoms with Gasteiger partial charge in [-0.05, 0) is 25.0 Å². The van der Waals surface area contributed by atoms with Crippen LogP contribution in [0.2, 0.25) is 5.02 Å². The molecule has 3 nitrogen and oxygen atoms in total. The van der Waals surface area contributed by atoms with Crippen LogP contribution in [-0.2, 0) is 11.2 Å². The van der Waals surface area contributed by atoms with E-state index in [1.807, 2.05) is 6.92 Å². The Balaban J connectivity index is 2.82. The molecule has 0 saturated heterocycles. The van der Waals surface area contributed by atoms with Crippen LogP contribution in [0.15, 0.2) is 18.2 Å². The highest BCUT2D eigenvalue weighted by Gasteiger charge is 2.18. The summed E-state index contributed by atoms with van der Waals surface area (Å²) in [4.78, 5) is 0. The Morgan fingerprint density at radius 1 is 1.56 bits per heavy atom. The third kappa shape index (κ3) is 3.15. The molecule has 16 heavy (non-hydrogen) atoms. The second-order valence-electron chi connectivity index (χ2n) is 3.63. The smallest absolute Gasteiger partial charge is 0.145 e. The maximum absolute atomic E-state index is 13.6. The van der Waals surface area contributed by atoms with Gasteiger partial charge >= 0.3 is 0 Å². The van der Waals surface area contributed by atoms with E-state index in [0.29, 0.717) is 12.0 Å². The Kier molecular flexibility index (Phi) is 5.15. The molecule has 5 heteroatoms. The lowest BCUT2D eigenvalue weighted by Gasteiger charge is -2.22. The van der Waals surface area contributed by atoms with Crippen molar-refractivity contribution in [3.8, 4) is 0 Å². The van der Waals surface area contributed by atoms with Gasteiger partial charge in [0.25, 0.3) is 0 Å². The van der Waals surface area contributed by atoms with E-state index in [-0.39, 0.29) is 17.2 Å². The van der Waals surface area contributed by atoms with Gasteiger partial charge in [-0.3, -0.25) is 11.3 Å².